The lowest BCUT2D eigenvalue weighted by atomic mass is 9.92. The Hall–Kier alpha value is -3.60. The van der Waals surface area contributed by atoms with Gasteiger partial charge in [0.25, 0.3) is 0 Å². The normalized spacial score (nSPS) is 11.9. The number of fused-ring (bicyclic) bond motifs is 1. The predicted octanol–water partition coefficient (Wildman–Crippen LogP) is 5.08. The number of aromatic nitrogens is 2. The van der Waals surface area contributed by atoms with Gasteiger partial charge in [-0.2, -0.15) is 0 Å². The number of nitrogens with zero attached hydrogens (tertiary/aromatic N) is 1. The molecule has 0 fully saturated rings. The molecule has 0 saturated carbocycles. The van der Waals surface area contributed by atoms with Crippen molar-refractivity contribution in [2.75, 3.05) is 11.9 Å². The SMILES string of the molecule is CCc1ccc(NC(=O)NCC(c2cccnc2)c2c[nH]c3ccccc23)cc1. The van der Waals surface area contributed by atoms with Gasteiger partial charge in [0.2, 0.25) is 0 Å². The number of benzene rings is 2. The van der Waals surface area contributed by atoms with Gasteiger partial charge in [0.15, 0.2) is 0 Å². The minimum absolute atomic E-state index is 0.00642. The zero-order valence-electron chi connectivity index (χ0n) is 16.4. The molecule has 2 aromatic carbocycles. The minimum Gasteiger partial charge on any atom is -0.361 e. The first kappa shape index (κ1) is 18.7. The van der Waals surface area contributed by atoms with Gasteiger partial charge in [0.1, 0.15) is 0 Å². The Labute approximate surface area is 170 Å². The van der Waals surface area contributed by atoms with Crippen LogP contribution in [-0.4, -0.2) is 22.5 Å². The average molecular weight is 384 g/mol. The first-order valence-electron chi connectivity index (χ1n) is 9.84. The van der Waals surface area contributed by atoms with Crippen molar-refractivity contribution in [3.8, 4) is 0 Å². The number of hydrogen-bond donors (Lipinski definition) is 3. The topological polar surface area (TPSA) is 69.8 Å². The van der Waals surface area contributed by atoms with Crippen LogP contribution in [-0.2, 0) is 6.42 Å². The molecule has 2 aromatic heterocycles. The van der Waals surface area contributed by atoms with E-state index in [1.165, 1.54) is 5.56 Å². The Bertz CT molecular complexity index is 1090. The van der Waals surface area contributed by atoms with E-state index in [1.807, 2.05) is 60.9 Å². The summed E-state index contributed by atoms with van der Waals surface area (Å²) < 4.78 is 0. The van der Waals surface area contributed by atoms with Gasteiger partial charge in [-0.25, -0.2) is 4.79 Å². The second-order valence-corrected chi connectivity index (χ2v) is 7.01. The fraction of sp³-hybridized carbons (Fsp3) is 0.167. The third-order valence-corrected chi connectivity index (χ3v) is 5.17. The summed E-state index contributed by atoms with van der Waals surface area (Å²) in [6, 6.07) is 19.8. The zero-order chi connectivity index (χ0) is 20.1. The average Bonchev–Trinajstić information content (AvgIpc) is 3.19. The first-order valence-corrected chi connectivity index (χ1v) is 9.84. The second kappa shape index (κ2) is 8.61. The standard InChI is InChI=1S/C24H24N4O/c1-2-17-9-11-19(12-10-17)28-24(29)27-15-21(18-6-5-13-25-14-18)22-16-26-23-8-4-3-7-20(22)23/h3-14,16,21,26H,2,15H2,1H3,(H2,27,28,29). The Kier molecular flexibility index (Phi) is 5.56. The molecule has 5 nitrogen and oxygen atoms in total. The molecule has 3 N–H and O–H groups in total. The molecule has 4 aromatic rings. The van der Waals surface area contributed by atoms with Crippen LogP contribution in [0.2, 0.25) is 0 Å². The molecule has 146 valence electrons. The van der Waals surface area contributed by atoms with Crippen molar-refractivity contribution in [2.24, 2.45) is 0 Å². The highest BCUT2D eigenvalue weighted by atomic mass is 16.2. The van der Waals surface area contributed by atoms with Gasteiger partial charge >= 0.3 is 6.03 Å². The van der Waals surface area contributed by atoms with E-state index in [0.29, 0.717) is 6.54 Å². The summed E-state index contributed by atoms with van der Waals surface area (Å²) in [6.45, 7) is 2.57. The number of anilines is 1. The van der Waals surface area contributed by atoms with Crippen LogP contribution >= 0.6 is 0 Å². The van der Waals surface area contributed by atoms with Crippen LogP contribution in [0.15, 0.2) is 79.3 Å². The maximum Gasteiger partial charge on any atom is 0.319 e. The third-order valence-electron chi connectivity index (χ3n) is 5.17. The number of hydrogen-bond acceptors (Lipinski definition) is 2. The lowest BCUT2D eigenvalue weighted by molar-refractivity contribution is 0.252. The van der Waals surface area contributed by atoms with Crippen molar-refractivity contribution in [1.29, 1.82) is 0 Å². The number of amides is 2. The van der Waals surface area contributed by atoms with Crippen molar-refractivity contribution in [2.45, 2.75) is 19.3 Å². The summed E-state index contributed by atoms with van der Waals surface area (Å²) in [5.74, 6) is -0.00642. The molecule has 2 heterocycles. The van der Waals surface area contributed by atoms with E-state index in [2.05, 4.69) is 39.7 Å². The summed E-state index contributed by atoms with van der Waals surface area (Å²) in [7, 11) is 0. The zero-order valence-corrected chi connectivity index (χ0v) is 16.4. The van der Waals surface area contributed by atoms with Crippen molar-refractivity contribution >= 4 is 22.6 Å². The smallest absolute Gasteiger partial charge is 0.319 e. The number of carbonyl (C=O) groups excluding carboxylic acids is 1. The molecule has 0 radical (unpaired) electrons. The number of carbonyl (C=O) groups is 1. The van der Waals surface area contributed by atoms with E-state index in [0.717, 1.165) is 34.1 Å². The lowest BCUT2D eigenvalue weighted by Gasteiger charge is -2.18. The molecule has 5 heteroatoms. The summed E-state index contributed by atoms with van der Waals surface area (Å²) in [5, 5.41) is 7.08. The van der Waals surface area contributed by atoms with E-state index in [1.54, 1.807) is 6.20 Å². The molecule has 0 saturated heterocycles. The summed E-state index contributed by atoms with van der Waals surface area (Å²) in [4.78, 5) is 20.1. The number of para-hydroxylation sites is 1. The van der Waals surface area contributed by atoms with Gasteiger partial charge in [-0.05, 0) is 47.4 Å². The number of aryl methyl sites for hydroxylation is 1. The fourth-order valence-electron chi connectivity index (χ4n) is 3.57. The molecule has 0 spiro atoms. The Morgan fingerprint density at radius 1 is 1.07 bits per heavy atom. The van der Waals surface area contributed by atoms with Crippen molar-refractivity contribution < 1.29 is 4.79 Å². The molecule has 29 heavy (non-hydrogen) atoms. The predicted molar refractivity (Wildman–Crippen MR) is 117 cm³/mol. The van der Waals surface area contributed by atoms with E-state index >= 15 is 0 Å². The van der Waals surface area contributed by atoms with Crippen LogP contribution in [0.4, 0.5) is 10.5 Å². The number of aromatic amines is 1. The maximum atomic E-state index is 12.5. The quantitative estimate of drug-likeness (QED) is 0.434. The first-order chi connectivity index (χ1) is 14.2. The van der Waals surface area contributed by atoms with Crippen molar-refractivity contribution in [3.63, 3.8) is 0 Å². The van der Waals surface area contributed by atoms with Crippen LogP contribution in [0, 0.1) is 0 Å². The van der Waals surface area contributed by atoms with Crippen LogP contribution in [0.1, 0.15) is 29.5 Å². The van der Waals surface area contributed by atoms with Gasteiger partial charge in [0, 0.05) is 47.6 Å². The largest absolute Gasteiger partial charge is 0.361 e. The van der Waals surface area contributed by atoms with Gasteiger partial charge in [-0.1, -0.05) is 43.3 Å². The molecule has 0 aliphatic carbocycles. The van der Waals surface area contributed by atoms with Crippen LogP contribution < -0.4 is 10.6 Å². The van der Waals surface area contributed by atoms with Crippen molar-refractivity contribution in [1.82, 2.24) is 15.3 Å². The maximum absolute atomic E-state index is 12.5. The summed E-state index contributed by atoms with van der Waals surface area (Å²) in [6.07, 6.45) is 6.61. The minimum atomic E-state index is -0.219. The molecular formula is C24H24N4O. The summed E-state index contributed by atoms with van der Waals surface area (Å²) in [5.41, 5.74) is 5.31. The third kappa shape index (κ3) is 4.29. The number of pyridine rings is 1. The molecular weight excluding hydrogens is 360 g/mol. The highest BCUT2D eigenvalue weighted by molar-refractivity contribution is 5.89. The Morgan fingerprint density at radius 3 is 2.66 bits per heavy atom. The Morgan fingerprint density at radius 2 is 1.90 bits per heavy atom. The number of H-pyrrole nitrogens is 1. The van der Waals surface area contributed by atoms with Gasteiger partial charge in [0.05, 0.1) is 0 Å². The lowest BCUT2D eigenvalue weighted by Crippen LogP contribution is -2.32. The van der Waals surface area contributed by atoms with Gasteiger partial charge < -0.3 is 15.6 Å². The van der Waals surface area contributed by atoms with Crippen LogP contribution in [0.3, 0.4) is 0 Å². The molecule has 1 atom stereocenters. The molecule has 2 amide bonds. The van der Waals surface area contributed by atoms with Gasteiger partial charge in [-0.3, -0.25) is 4.98 Å². The number of rotatable bonds is 6. The van der Waals surface area contributed by atoms with Crippen LogP contribution in [0.5, 0.6) is 0 Å². The number of nitrogens with one attached hydrogen (secondary N) is 3. The van der Waals surface area contributed by atoms with E-state index in [-0.39, 0.29) is 11.9 Å². The monoisotopic (exact) mass is 384 g/mol. The Balaban J connectivity index is 1.52. The highest BCUT2D eigenvalue weighted by Crippen LogP contribution is 2.30. The molecule has 0 aliphatic heterocycles. The molecule has 4 rings (SSSR count). The van der Waals surface area contributed by atoms with Crippen LogP contribution in [0.25, 0.3) is 10.9 Å². The summed E-state index contributed by atoms with van der Waals surface area (Å²) >= 11 is 0. The van der Waals surface area contributed by atoms with Crippen molar-refractivity contribution in [3.05, 3.63) is 95.9 Å². The fourth-order valence-corrected chi connectivity index (χ4v) is 3.57. The second-order valence-electron chi connectivity index (χ2n) is 7.01. The molecule has 0 aliphatic rings. The molecule has 1 unspecified atom stereocenters. The molecule has 0 bridgehead atoms. The van der Waals surface area contributed by atoms with Gasteiger partial charge in [-0.15, -0.1) is 0 Å². The van der Waals surface area contributed by atoms with E-state index in [9.17, 15) is 4.79 Å². The van der Waals surface area contributed by atoms with E-state index in [4.69, 9.17) is 0 Å². The highest BCUT2D eigenvalue weighted by Gasteiger charge is 2.19. The van der Waals surface area contributed by atoms with E-state index < -0.39 is 0 Å². The number of urea groups is 1.